The van der Waals surface area contributed by atoms with E-state index < -0.39 is 0 Å². The van der Waals surface area contributed by atoms with Crippen molar-refractivity contribution in [2.45, 2.75) is 6.92 Å². The maximum atomic E-state index is 10.9. The molecule has 11 heavy (non-hydrogen) atoms. The third kappa shape index (κ3) is 4.19. The van der Waals surface area contributed by atoms with Crippen LogP contribution in [0.5, 0.6) is 0 Å². The monoisotopic (exact) mass is 158 g/mol. The van der Waals surface area contributed by atoms with Crippen molar-refractivity contribution in [3.05, 3.63) is 0 Å². The van der Waals surface area contributed by atoms with Gasteiger partial charge in [-0.25, -0.2) is 0 Å². The molecule has 0 heterocycles. The molecule has 64 valence electrons. The second kappa shape index (κ2) is 4.54. The average Bonchev–Trinajstić information content (AvgIpc) is 1.87. The molecule has 0 aromatic rings. The minimum atomic E-state index is -0.120. The number of nitrogens with zero attached hydrogens (tertiary/aromatic N) is 1. The molecule has 0 atom stereocenters. The summed E-state index contributed by atoms with van der Waals surface area (Å²) in [5.41, 5.74) is 5.11. The van der Waals surface area contributed by atoms with Gasteiger partial charge in [-0.3, -0.25) is 10.2 Å². The molecule has 0 aliphatic heterocycles. The Hall–Kier alpha value is -1.26. The SMILES string of the molecule is CCNC(=O)CN(C)C(=N)N. The van der Waals surface area contributed by atoms with Gasteiger partial charge in [-0.2, -0.15) is 0 Å². The van der Waals surface area contributed by atoms with Crippen LogP contribution in [-0.4, -0.2) is 36.9 Å². The molecule has 4 N–H and O–H groups in total. The molecule has 0 saturated carbocycles. The summed E-state index contributed by atoms with van der Waals surface area (Å²) in [6.07, 6.45) is 0. The van der Waals surface area contributed by atoms with Crippen LogP contribution in [0.1, 0.15) is 6.92 Å². The normalized spacial score (nSPS) is 8.91. The van der Waals surface area contributed by atoms with Gasteiger partial charge in [0.25, 0.3) is 0 Å². The van der Waals surface area contributed by atoms with E-state index in [4.69, 9.17) is 11.1 Å². The molecular weight excluding hydrogens is 144 g/mol. The van der Waals surface area contributed by atoms with Crippen molar-refractivity contribution in [3.8, 4) is 0 Å². The molecule has 0 fully saturated rings. The number of hydrogen-bond acceptors (Lipinski definition) is 2. The Balaban J connectivity index is 3.66. The lowest BCUT2D eigenvalue weighted by Gasteiger charge is -2.15. The van der Waals surface area contributed by atoms with Crippen LogP contribution in [0.2, 0.25) is 0 Å². The van der Waals surface area contributed by atoms with E-state index in [1.54, 1.807) is 7.05 Å². The first-order chi connectivity index (χ1) is 5.07. The van der Waals surface area contributed by atoms with E-state index in [-0.39, 0.29) is 18.4 Å². The van der Waals surface area contributed by atoms with Crippen molar-refractivity contribution in [1.82, 2.24) is 10.2 Å². The number of nitrogens with one attached hydrogen (secondary N) is 2. The number of amides is 1. The molecule has 0 spiro atoms. The number of nitrogens with two attached hydrogens (primary N) is 1. The van der Waals surface area contributed by atoms with Crippen LogP contribution in [0.25, 0.3) is 0 Å². The molecule has 1 amide bonds. The molecule has 0 bridgehead atoms. The Morgan fingerprint density at radius 3 is 2.64 bits per heavy atom. The molecule has 0 radical (unpaired) electrons. The highest BCUT2D eigenvalue weighted by molar-refractivity contribution is 5.83. The number of hydrogen-bond donors (Lipinski definition) is 3. The number of carbonyl (C=O) groups excluding carboxylic acids is 1. The van der Waals surface area contributed by atoms with Crippen LogP contribution in [0.15, 0.2) is 0 Å². The molecule has 0 saturated heterocycles. The van der Waals surface area contributed by atoms with E-state index in [0.29, 0.717) is 6.54 Å². The quantitative estimate of drug-likeness (QED) is 0.362. The molecule has 0 aromatic heterocycles. The first-order valence-electron chi connectivity index (χ1n) is 3.39. The molecule has 0 aliphatic carbocycles. The predicted octanol–water partition coefficient (Wildman–Crippen LogP) is -1.05. The summed E-state index contributed by atoms with van der Waals surface area (Å²) in [5, 5.41) is 9.55. The molecule has 5 nitrogen and oxygen atoms in total. The van der Waals surface area contributed by atoms with Gasteiger partial charge in [-0.1, -0.05) is 0 Å². The molecule has 0 rings (SSSR count). The second-order valence-corrected chi connectivity index (χ2v) is 2.19. The van der Waals surface area contributed by atoms with Crippen molar-refractivity contribution in [1.29, 1.82) is 5.41 Å². The highest BCUT2D eigenvalue weighted by atomic mass is 16.2. The fraction of sp³-hybridized carbons (Fsp3) is 0.667. The van der Waals surface area contributed by atoms with E-state index in [0.717, 1.165) is 0 Å². The summed E-state index contributed by atoms with van der Waals surface area (Å²) in [5.74, 6) is -0.221. The third-order valence-electron chi connectivity index (χ3n) is 1.17. The summed E-state index contributed by atoms with van der Waals surface area (Å²) in [6, 6.07) is 0. The maximum absolute atomic E-state index is 10.9. The lowest BCUT2D eigenvalue weighted by Crippen LogP contribution is -2.41. The first-order valence-corrected chi connectivity index (χ1v) is 3.39. The van der Waals surface area contributed by atoms with Gasteiger partial charge >= 0.3 is 0 Å². The zero-order valence-electron chi connectivity index (χ0n) is 6.85. The van der Waals surface area contributed by atoms with Crippen LogP contribution in [0, 0.1) is 5.41 Å². The lowest BCUT2D eigenvalue weighted by molar-refractivity contribution is -0.121. The summed E-state index contributed by atoms with van der Waals surface area (Å²) >= 11 is 0. The van der Waals surface area contributed by atoms with Gasteiger partial charge in [0, 0.05) is 13.6 Å². The summed E-state index contributed by atoms with van der Waals surface area (Å²) in [6.45, 7) is 2.58. The van der Waals surface area contributed by atoms with E-state index >= 15 is 0 Å². The van der Waals surface area contributed by atoms with E-state index in [1.807, 2.05) is 6.92 Å². The third-order valence-corrected chi connectivity index (χ3v) is 1.17. The van der Waals surface area contributed by atoms with Gasteiger partial charge in [0.15, 0.2) is 5.96 Å². The Labute approximate surface area is 66.1 Å². The smallest absolute Gasteiger partial charge is 0.239 e. The highest BCUT2D eigenvalue weighted by Crippen LogP contribution is 1.78. The topological polar surface area (TPSA) is 82.2 Å². The van der Waals surface area contributed by atoms with Crippen molar-refractivity contribution in [3.63, 3.8) is 0 Å². The van der Waals surface area contributed by atoms with Crippen molar-refractivity contribution < 1.29 is 4.79 Å². The molecule has 0 aromatic carbocycles. The van der Waals surface area contributed by atoms with E-state index in [2.05, 4.69) is 5.32 Å². The zero-order chi connectivity index (χ0) is 8.85. The zero-order valence-corrected chi connectivity index (χ0v) is 6.85. The number of guanidine groups is 1. The minimum absolute atomic E-state index is 0.101. The number of likely N-dealkylation sites (N-methyl/N-ethyl adjacent to an activating group) is 2. The van der Waals surface area contributed by atoms with Gasteiger partial charge in [-0.05, 0) is 6.92 Å². The Morgan fingerprint density at radius 1 is 1.73 bits per heavy atom. The minimum Gasteiger partial charge on any atom is -0.370 e. The van der Waals surface area contributed by atoms with Crippen molar-refractivity contribution in [2.75, 3.05) is 20.1 Å². The summed E-state index contributed by atoms with van der Waals surface area (Å²) in [4.78, 5) is 12.2. The number of rotatable bonds is 3. The van der Waals surface area contributed by atoms with Crippen LogP contribution >= 0.6 is 0 Å². The number of carbonyl (C=O) groups is 1. The van der Waals surface area contributed by atoms with E-state index in [1.165, 1.54) is 4.90 Å². The van der Waals surface area contributed by atoms with Gasteiger partial charge in [0.1, 0.15) is 0 Å². The van der Waals surface area contributed by atoms with Crippen LogP contribution in [-0.2, 0) is 4.79 Å². The average molecular weight is 158 g/mol. The van der Waals surface area contributed by atoms with Gasteiger partial charge in [-0.15, -0.1) is 0 Å². The van der Waals surface area contributed by atoms with Crippen molar-refractivity contribution in [2.24, 2.45) is 5.73 Å². The van der Waals surface area contributed by atoms with Crippen LogP contribution in [0.4, 0.5) is 0 Å². The Bertz CT molecular complexity index is 157. The maximum Gasteiger partial charge on any atom is 0.239 e. The fourth-order valence-corrected chi connectivity index (χ4v) is 0.554. The first kappa shape index (κ1) is 9.74. The molecular formula is C6H14N4O. The Morgan fingerprint density at radius 2 is 2.27 bits per heavy atom. The standard InChI is InChI=1S/C6H14N4O/c1-3-9-5(11)4-10(2)6(7)8/h3-4H2,1-2H3,(H3,7,8)(H,9,11). The second-order valence-electron chi connectivity index (χ2n) is 2.19. The highest BCUT2D eigenvalue weighted by Gasteiger charge is 2.04. The van der Waals surface area contributed by atoms with Crippen LogP contribution < -0.4 is 11.1 Å². The largest absolute Gasteiger partial charge is 0.370 e. The van der Waals surface area contributed by atoms with Gasteiger partial charge < -0.3 is 16.0 Å². The summed E-state index contributed by atoms with van der Waals surface area (Å²) in [7, 11) is 1.59. The Kier molecular flexibility index (Phi) is 4.02. The molecule has 5 heteroatoms. The fourth-order valence-electron chi connectivity index (χ4n) is 0.554. The molecule has 0 aliphatic rings. The van der Waals surface area contributed by atoms with Crippen molar-refractivity contribution >= 4 is 11.9 Å². The van der Waals surface area contributed by atoms with Gasteiger partial charge in [0.2, 0.25) is 5.91 Å². The lowest BCUT2D eigenvalue weighted by atomic mass is 10.5. The molecule has 0 unspecified atom stereocenters. The predicted molar refractivity (Wildman–Crippen MR) is 43.2 cm³/mol. The summed E-state index contributed by atoms with van der Waals surface area (Å²) < 4.78 is 0. The van der Waals surface area contributed by atoms with Gasteiger partial charge in [0.05, 0.1) is 6.54 Å². The van der Waals surface area contributed by atoms with Crippen LogP contribution in [0.3, 0.4) is 0 Å². The van der Waals surface area contributed by atoms with E-state index in [9.17, 15) is 4.79 Å².